The third-order valence-electron chi connectivity index (χ3n) is 4.90. The van der Waals surface area contributed by atoms with Crippen LogP contribution in [0.15, 0.2) is 46.9 Å². The van der Waals surface area contributed by atoms with Crippen molar-refractivity contribution in [2.75, 3.05) is 12.4 Å². The monoisotopic (exact) mass is 489 g/mol. The highest BCUT2D eigenvalue weighted by Gasteiger charge is 2.30. The highest BCUT2D eigenvalue weighted by atomic mass is 32.1. The fourth-order valence-corrected chi connectivity index (χ4v) is 3.46. The van der Waals surface area contributed by atoms with Crippen LogP contribution in [-0.4, -0.2) is 23.1 Å². The molecule has 1 heterocycles. The average molecular weight is 489 g/mol. The van der Waals surface area contributed by atoms with Crippen molar-refractivity contribution in [2.45, 2.75) is 6.92 Å². The second-order valence-corrected chi connectivity index (χ2v) is 7.50. The normalized spacial score (nSPS) is 10.9. The van der Waals surface area contributed by atoms with E-state index in [2.05, 4.69) is 15.0 Å². The number of ether oxygens (including phenoxy) is 1. The molecule has 1 amide bonds. The number of oxazole rings is 1. The zero-order valence-corrected chi connectivity index (χ0v) is 18.5. The van der Waals surface area contributed by atoms with Gasteiger partial charge < -0.3 is 14.5 Å². The van der Waals surface area contributed by atoms with Crippen LogP contribution in [0.25, 0.3) is 22.6 Å². The molecule has 0 fully saturated rings. The van der Waals surface area contributed by atoms with Crippen LogP contribution in [0.5, 0.6) is 5.75 Å². The van der Waals surface area contributed by atoms with Crippen molar-refractivity contribution in [3.63, 3.8) is 0 Å². The number of benzene rings is 3. The smallest absolute Gasteiger partial charge is 0.263 e. The lowest BCUT2D eigenvalue weighted by Gasteiger charge is -2.12. The largest absolute Gasteiger partial charge is 0.491 e. The van der Waals surface area contributed by atoms with Gasteiger partial charge in [0.25, 0.3) is 5.91 Å². The fourth-order valence-electron chi connectivity index (χ4n) is 3.25. The molecule has 0 aliphatic carbocycles. The number of nitrogens with zero attached hydrogens (tertiary/aromatic N) is 1. The van der Waals surface area contributed by atoms with Gasteiger partial charge in [0.15, 0.2) is 28.1 Å². The van der Waals surface area contributed by atoms with E-state index < -0.39 is 40.5 Å². The van der Waals surface area contributed by atoms with Crippen molar-refractivity contribution < 1.29 is 31.5 Å². The van der Waals surface area contributed by atoms with E-state index in [-0.39, 0.29) is 5.11 Å². The van der Waals surface area contributed by atoms with E-state index in [1.807, 2.05) is 36.5 Å². The van der Waals surface area contributed by atoms with Crippen molar-refractivity contribution in [3.05, 3.63) is 76.9 Å². The maximum absolute atomic E-state index is 14.2. The van der Waals surface area contributed by atoms with Crippen LogP contribution < -0.4 is 15.4 Å². The van der Waals surface area contributed by atoms with Crippen LogP contribution in [0.1, 0.15) is 15.9 Å². The number of anilines is 1. The predicted octanol–water partition coefficient (Wildman–Crippen LogP) is 5.50. The minimum absolute atomic E-state index is 0.371. The zero-order chi connectivity index (χ0) is 24.6. The summed E-state index contributed by atoms with van der Waals surface area (Å²) in [5.41, 5.74) is 1.66. The molecule has 34 heavy (non-hydrogen) atoms. The number of amides is 1. The van der Waals surface area contributed by atoms with Gasteiger partial charge in [0.05, 0.1) is 7.11 Å². The molecule has 0 bridgehead atoms. The lowest BCUT2D eigenvalue weighted by atomic mass is 10.1. The first-order valence-electron chi connectivity index (χ1n) is 9.70. The van der Waals surface area contributed by atoms with Gasteiger partial charge in [0.1, 0.15) is 11.1 Å². The molecule has 4 aromatic rings. The van der Waals surface area contributed by atoms with E-state index in [1.54, 1.807) is 18.2 Å². The number of hydrogen-bond donors (Lipinski definition) is 2. The van der Waals surface area contributed by atoms with Gasteiger partial charge in [-0.3, -0.25) is 10.1 Å². The van der Waals surface area contributed by atoms with Gasteiger partial charge in [0, 0.05) is 11.3 Å². The third kappa shape index (κ3) is 4.17. The molecular formula is C23H15F4N3O3S. The Morgan fingerprint density at radius 2 is 1.71 bits per heavy atom. The van der Waals surface area contributed by atoms with Gasteiger partial charge in [-0.2, -0.15) is 8.78 Å². The molecule has 6 nitrogen and oxygen atoms in total. The summed E-state index contributed by atoms with van der Waals surface area (Å²) in [7, 11) is 0.828. The maximum Gasteiger partial charge on any atom is 0.263 e. The standard InChI is InChI=1S/C23H15F4N3O3S/c1-10-5-3-4-6-12(10)22-29-13-9-11(7-8-14(13)33-22)28-23(34)30-21(31)15-16(24)18(26)20(32-2)19(27)17(15)25/h3-9H,1-2H3,(H2,28,30,31,34). The summed E-state index contributed by atoms with van der Waals surface area (Å²) in [4.78, 5) is 16.7. The Kier molecular flexibility index (Phi) is 6.20. The lowest BCUT2D eigenvalue weighted by Crippen LogP contribution is -2.35. The second kappa shape index (κ2) is 9.10. The first-order valence-corrected chi connectivity index (χ1v) is 10.1. The highest BCUT2D eigenvalue weighted by molar-refractivity contribution is 7.80. The van der Waals surface area contributed by atoms with Crippen molar-refractivity contribution >= 4 is 40.0 Å². The van der Waals surface area contributed by atoms with Gasteiger partial charge in [-0.05, 0) is 49.0 Å². The Bertz CT molecular complexity index is 1430. The van der Waals surface area contributed by atoms with Crippen molar-refractivity contribution in [3.8, 4) is 17.2 Å². The van der Waals surface area contributed by atoms with Gasteiger partial charge in [-0.1, -0.05) is 18.2 Å². The molecule has 0 saturated carbocycles. The number of thiocarbonyl (C=S) groups is 1. The van der Waals surface area contributed by atoms with Crippen LogP contribution in [0.2, 0.25) is 0 Å². The molecule has 0 aliphatic rings. The van der Waals surface area contributed by atoms with Crippen LogP contribution in [0, 0.1) is 30.2 Å². The molecule has 174 valence electrons. The topological polar surface area (TPSA) is 76.4 Å². The van der Waals surface area contributed by atoms with Crippen molar-refractivity contribution in [1.29, 1.82) is 0 Å². The van der Waals surface area contributed by atoms with Crippen LogP contribution in [0.4, 0.5) is 23.2 Å². The molecule has 0 unspecified atom stereocenters. The van der Waals surface area contributed by atoms with E-state index in [0.29, 0.717) is 22.7 Å². The number of methoxy groups -OCH3 is 1. The summed E-state index contributed by atoms with van der Waals surface area (Å²) >= 11 is 4.99. The van der Waals surface area contributed by atoms with Gasteiger partial charge >= 0.3 is 0 Å². The van der Waals surface area contributed by atoms with E-state index in [4.69, 9.17) is 16.6 Å². The highest BCUT2D eigenvalue weighted by Crippen LogP contribution is 2.30. The number of carbonyl (C=O) groups is 1. The Morgan fingerprint density at radius 1 is 1.03 bits per heavy atom. The van der Waals surface area contributed by atoms with E-state index in [9.17, 15) is 22.4 Å². The molecule has 3 aromatic carbocycles. The number of hydrogen-bond acceptors (Lipinski definition) is 5. The molecule has 0 spiro atoms. The SMILES string of the molecule is COc1c(F)c(F)c(C(=O)NC(=S)Nc2ccc3oc(-c4ccccc4C)nc3c2)c(F)c1F. The van der Waals surface area contributed by atoms with Gasteiger partial charge in [-0.15, -0.1) is 0 Å². The Hall–Kier alpha value is -3.99. The predicted molar refractivity (Wildman–Crippen MR) is 121 cm³/mol. The molecule has 0 aliphatic heterocycles. The number of nitrogens with one attached hydrogen (secondary N) is 2. The first-order chi connectivity index (χ1) is 16.2. The maximum atomic E-state index is 14.2. The quantitative estimate of drug-likeness (QED) is 0.224. The molecule has 0 atom stereocenters. The molecule has 0 saturated heterocycles. The minimum Gasteiger partial charge on any atom is -0.491 e. The molecule has 11 heteroatoms. The number of aryl methyl sites for hydroxylation is 1. The van der Waals surface area contributed by atoms with E-state index >= 15 is 0 Å². The Morgan fingerprint density at radius 3 is 2.35 bits per heavy atom. The number of carbonyl (C=O) groups excluding carboxylic acids is 1. The van der Waals surface area contributed by atoms with Crippen LogP contribution in [-0.2, 0) is 0 Å². The number of fused-ring (bicyclic) bond motifs is 1. The minimum atomic E-state index is -1.91. The van der Waals surface area contributed by atoms with Gasteiger partial charge in [0.2, 0.25) is 17.5 Å². The summed E-state index contributed by atoms with van der Waals surface area (Å²) < 4.78 is 66.2. The Balaban J connectivity index is 1.54. The first kappa shape index (κ1) is 23.2. The molecule has 1 aromatic heterocycles. The number of aromatic nitrogens is 1. The number of rotatable bonds is 4. The second-order valence-electron chi connectivity index (χ2n) is 7.09. The Labute approximate surface area is 195 Å². The average Bonchev–Trinajstić information content (AvgIpc) is 3.21. The molecule has 4 rings (SSSR count). The fraction of sp³-hybridized carbons (Fsp3) is 0.0870. The van der Waals surface area contributed by atoms with Crippen molar-refractivity contribution in [2.24, 2.45) is 0 Å². The summed E-state index contributed by atoms with van der Waals surface area (Å²) in [6, 6.07) is 12.3. The summed E-state index contributed by atoms with van der Waals surface area (Å²) in [6.45, 7) is 1.92. The molecular weight excluding hydrogens is 474 g/mol. The number of halogens is 4. The van der Waals surface area contributed by atoms with E-state index in [0.717, 1.165) is 18.2 Å². The van der Waals surface area contributed by atoms with E-state index in [1.165, 1.54) is 0 Å². The van der Waals surface area contributed by atoms with Crippen LogP contribution in [0.3, 0.4) is 0 Å². The zero-order valence-electron chi connectivity index (χ0n) is 17.6. The third-order valence-corrected chi connectivity index (χ3v) is 5.11. The lowest BCUT2D eigenvalue weighted by molar-refractivity contribution is 0.0966. The molecule has 2 N–H and O–H groups in total. The van der Waals surface area contributed by atoms with Crippen molar-refractivity contribution in [1.82, 2.24) is 10.3 Å². The summed E-state index contributed by atoms with van der Waals surface area (Å²) in [5, 5.41) is 4.26. The summed E-state index contributed by atoms with van der Waals surface area (Å²) in [5.74, 6) is -9.86. The van der Waals surface area contributed by atoms with Gasteiger partial charge in [-0.25, -0.2) is 13.8 Å². The van der Waals surface area contributed by atoms with Crippen LogP contribution >= 0.6 is 12.2 Å². The molecule has 0 radical (unpaired) electrons. The summed E-state index contributed by atoms with van der Waals surface area (Å²) in [6.07, 6.45) is 0.